The number of aromatic nitrogens is 2. The first-order valence-electron chi connectivity index (χ1n) is 8.85. The molecule has 6 heteroatoms. The van der Waals surface area contributed by atoms with Gasteiger partial charge in [0, 0.05) is 5.56 Å². The number of ether oxygens (including phenoxy) is 1. The number of phenolic OH excluding ortho intramolecular Hbond substituents is 2. The lowest BCUT2D eigenvalue weighted by atomic mass is 10.0. The van der Waals surface area contributed by atoms with Gasteiger partial charge in [0.05, 0.1) is 31.2 Å². The maximum Gasteiger partial charge on any atom is 0.161 e. The van der Waals surface area contributed by atoms with Gasteiger partial charge in [0.15, 0.2) is 11.5 Å². The largest absolute Gasteiger partial charge is 0.508 e. The summed E-state index contributed by atoms with van der Waals surface area (Å²) in [5, 5.41) is 22.7. The second-order valence-corrected chi connectivity index (χ2v) is 6.25. The van der Waals surface area contributed by atoms with E-state index in [1.165, 1.54) is 7.11 Å². The number of nitrogens with one attached hydrogen (secondary N) is 1. The van der Waals surface area contributed by atoms with Gasteiger partial charge in [-0.1, -0.05) is 25.5 Å². The summed E-state index contributed by atoms with van der Waals surface area (Å²) in [5.41, 5.74) is 2.56. The molecule has 0 radical (unpaired) electrons. The molecule has 0 saturated carbocycles. The number of benzene rings is 2. The molecule has 1 atom stereocenters. The van der Waals surface area contributed by atoms with Crippen LogP contribution in [0.4, 0.5) is 5.82 Å². The third kappa shape index (κ3) is 4.47. The molecule has 140 valence electrons. The monoisotopic (exact) mass is 365 g/mol. The third-order valence-electron chi connectivity index (χ3n) is 4.30. The zero-order valence-electron chi connectivity index (χ0n) is 15.4. The van der Waals surface area contributed by atoms with Crippen LogP contribution in [0.1, 0.15) is 31.4 Å². The molecule has 2 aromatic carbocycles. The van der Waals surface area contributed by atoms with Crippen LogP contribution in [0.15, 0.2) is 54.9 Å². The third-order valence-corrected chi connectivity index (χ3v) is 4.30. The van der Waals surface area contributed by atoms with Crippen molar-refractivity contribution in [3.63, 3.8) is 0 Å². The van der Waals surface area contributed by atoms with E-state index in [1.807, 2.05) is 12.1 Å². The summed E-state index contributed by atoms with van der Waals surface area (Å²) in [6, 6.07) is 12.3. The Morgan fingerprint density at radius 3 is 2.56 bits per heavy atom. The Hall–Kier alpha value is -3.28. The van der Waals surface area contributed by atoms with Crippen LogP contribution in [-0.4, -0.2) is 27.3 Å². The molecule has 3 N–H and O–H groups in total. The van der Waals surface area contributed by atoms with E-state index in [-0.39, 0.29) is 17.5 Å². The van der Waals surface area contributed by atoms with Crippen molar-refractivity contribution < 1.29 is 14.9 Å². The fourth-order valence-electron chi connectivity index (χ4n) is 2.91. The summed E-state index contributed by atoms with van der Waals surface area (Å²) in [6.45, 7) is 2.12. The Morgan fingerprint density at radius 2 is 1.85 bits per heavy atom. The Labute approximate surface area is 158 Å². The molecule has 3 aromatic rings. The van der Waals surface area contributed by atoms with Gasteiger partial charge in [-0.25, -0.2) is 4.98 Å². The lowest BCUT2D eigenvalue weighted by Gasteiger charge is -2.19. The second kappa shape index (κ2) is 8.40. The summed E-state index contributed by atoms with van der Waals surface area (Å²) in [5.74, 6) is 1.38. The van der Waals surface area contributed by atoms with Crippen LogP contribution in [-0.2, 0) is 0 Å². The van der Waals surface area contributed by atoms with Gasteiger partial charge < -0.3 is 20.3 Å². The SMILES string of the molecule is CCC[C@@H](Nc1cncc(-c2ccc(O)c(OC)c2)n1)c1ccc(O)cc1. The van der Waals surface area contributed by atoms with Crippen LogP contribution < -0.4 is 10.1 Å². The van der Waals surface area contributed by atoms with Gasteiger partial charge in [-0.15, -0.1) is 0 Å². The van der Waals surface area contributed by atoms with E-state index in [4.69, 9.17) is 4.74 Å². The summed E-state index contributed by atoms with van der Waals surface area (Å²) >= 11 is 0. The highest BCUT2D eigenvalue weighted by atomic mass is 16.5. The van der Waals surface area contributed by atoms with E-state index in [1.54, 1.807) is 42.7 Å². The van der Waals surface area contributed by atoms with Crippen molar-refractivity contribution in [2.45, 2.75) is 25.8 Å². The topological polar surface area (TPSA) is 87.5 Å². The van der Waals surface area contributed by atoms with Gasteiger partial charge in [0.1, 0.15) is 11.6 Å². The van der Waals surface area contributed by atoms with Crippen molar-refractivity contribution in [2.24, 2.45) is 0 Å². The summed E-state index contributed by atoms with van der Waals surface area (Å²) in [4.78, 5) is 8.94. The van der Waals surface area contributed by atoms with Gasteiger partial charge in [0.2, 0.25) is 0 Å². The zero-order chi connectivity index (χ0) is 19.2. The van der Waals surface area contributed by atoms with Crippen molar-refractivity contribution in [3.8, 4) is 28.5 Å². The standard InChI is InChI=1S/C21H23N3O3/c1-3-4-17(14-5-8-16(25)9-6-14)23-21-13-22-12-18(24-21)15-7-10-19(26)20(11-15)27-2/h5-13,17,25-26H,3-4H2,1-2H3,(H,23,24)/t17-/m1/s1. The molecule has 0 fully saturated rings. The molecule has 27 heavy (non-hydrogen) atoms. The molecule has 0 spiro atoms. The second-order valence-electron chi connectivity index (χ2n) is 6.25. The predicted octanol–water partition coefficient (Wildman–Crippen LogP) is 4.52. The fourth-order valence-corrected chi connectivity index (χ4v) is 2.91. The predicted molar refractivity (Wildman–Crippen MR) is 105 cm³/mol. The summed E-state index contributed by atoms with van der Waals surface area (Å²) in [7, 11) is 1.51. The number of aromatic hydroxyl groups is 2. The van der Waals surface area contributed by atoms with Gasteiger partial charge in [0.25, 0.3) is 0 Å². The van der Waals surface area contributed by atoms with Crippen LogP contribution in [0.2, 0.25) is 0 Å². The highest BCUT2D eigenvalue weighted by Crippen LogP contribution is 2.31. The molecule has 3 rings (SSSR count). The molecule has 0 amide bonds. The number of nitrogens with zero attached hydrogens (tertiary/aromatic N) is 2. The van der Waals surface area contributed by atoms with Crippen molar-refractivity contribution in [1.82, 2.24) is 9.97 Å². The number of anilines is 1. The number of phenols is 2. The number of hydrogen-bond donors (Lipinski definition) is 3. The first-order chi connectivity index (χ1) is 13.1. The van der Waals surface area contributed by atoms with E-state index >= 15 is 0 Å². The molecule has 1 heterocycles. The molecular weight excluding hydrogens is 342 g/mol. The van der Waals surface area contributed by atoms with Crippen LogP contribution >= 0.6 is 0 Å². The van der Waals surface area contributed by atoms with E-state index in [0.717, 1.165) is 24.0 Å². The van der Waals surface area contributed by atoms with Gasteiger partial charge in [-0.3, -0.25) is 4.98 Å². The Morgan fingerprint density at radius 1 is 1.07 bits per heavy atom. The quantitative estimate of drug-likeness (QED) is 0.571. The maximum absolute atomic E-state index is 9.77. The molecule has 0 bridgehead atoms. The highest BCUT2D eigenvalue weighted by Gasteiger charge is 2.13. The highest BCUT2D eigenvalue weighted by molar-refractivity contribution is 5.64. The van der Waals surface area contributed by atoms with Crippen LogP contribution in [0.5, 0.6) is 17.2 Å². The molecule has 0 aliphatic rings. The lowest BCUT2D eigenvalue weighted by molar-refractivity contribution is 0.373. The average Bonchev–Trinajstić information content (AvgIpc) is 2.69. The Bertz CT molecular complexity index is 897. The van der Waals surface area contributed by atoms with Gasteiger partial charge in [-0.05, 0) is 42.3 Å². The van der Waals surface area contributed by atoms with Crippen LogP contribution in [0.3, 0.4) is 0 Å². The summed E-state index contributed by atoms with van der Waals surface area (Å²) < 4.78 is 5.17. The zero-order valence-corrected chi connectivity index (χ0v) is 15.4. The first-order valence-corrected chi connectivity index (χ1v) is 8.85. The van der Waals surface area contributed by atoms with E-state index in [9.17, 15) is 10.2 Å². The van der Waals surface area contributed by atoms with Crippen molar-refractivity contribution in [3.05, 3.63) is 60.4 Å². The normalized spacial score (nSPS) is 11.8. The van der Waals surface area contributed by atoms with Crippen molar-refractivity contribution in [1.29, 1.82) is 0 Å². The van der Waals surface area contributed by atoms with E-state index in [0.29, 0.717) is 17.3 Å². The number of hydrogen-bond acceptors (Lipinski definition) is 6. The molecular formula is C21H23N3O3. The minimum Gasteiger partial charge on any atom is -0.508 e. The Balaban J connectivity index is 1.86. The summed E-state index contributed by atoms with van der Waals surface area (Å²) in [6.07, 6.45) is 5.28. The minimum absolute atomic E-state index is 0.0644. The van der Waals surface area contributed by atoms with Gasteiger partial charge in [-0.2, -0.15) is 0 Å². The lowest BCUT2D eigenvalue weighted by Crippen LogP contribution is -2.12. The molecule has 0 aliphatic heterocycles. The minimum atomic E-state index is 0.0644. The van der Waals surface area contributed by atoms with Gasteiger partial charge >= 0.3 is 0 Å². The van der Waals surface area contributed by atoms with Crippen LogP contribution in [0, 0.1) is 0 Å². The van der Waals surface area contributed by atoms with E-state index < -0.39 is 0 Å². The maximum atomic E-state index is 9.77. The Kier molecular flexibility index (Phi) is 5.76. The molecule has 1 aromatic heterocycles. The molecule has 0 aliphatic carbocycles. The number of rotatable bonds is 7. The number of methoxy groups -OCH3 is 1. The molecule has 6 nitrogen and oxygen atoms in total. The van der Waals surface area contributed by atoms with Crippen LogP contribution in [0.25, 0.3) is 11.3 Å². The molecule has 0 saturated heterocycles. The molecule has 0 unspecified atom stereocenters. The van der Waals surface area contributed by atoms with E-state index in [2.05, 4.69) is 22.2 Å². The fraction of sp³-hybridized carbons (Fsp3) is 0.238. The first kappa shape index (κ1) is 18.5. The average molecular weight is 365 g/mol. The van der Waals surface area contributed by atoms with Crippen molar-refractivity contribution >= 4 is 5.82 Å². The van der Waals surface area contributed by atoms with Crippen molar-refractivity contribution in [2.75, 3.05) is 12.4 Å². The smallest absolute Gasteiger partial charge is 0.161 e.